The van der Waals surface area contributed by atoms with Gasteiger partial charge in [-0.2, -0.15) is 0 Å². The Morgan fingerprint density at radius 2 is 0.763 bits per heavy atom. The van der Waals surface area contributed by atoms with Crippen LogP contribution >= 0.6 is 0 Å². The minimum atomic E-state index is -0.890. The molecule has 1 aliphatic heterocycles. The summed E-state index contributed by atoms with van der Waals surface area (Å²) >= 11 is 0. The average molecular weight is 797 g/mol. The third-order valence-corrected chi connectivity index (χ3v) is 11.3. The minimum Gasteiger partial charge on any atom is -0.377 e. The smallest absolute Gasteiger partial charge is 0.138 e. The lowest BCUT2D eigenvalue weighted by Crippen LogP contribution is -2.48. The third-order valence-electron chi connectivity index (χ3n) is 11.3. The van der Waals surface area contributed by atoms with Crippen LogP contribution in [0.2, 0.25) is 0 Å². The maximum atomic E-state index is 6.63. The van der Waals surface area contributed by atoms with Crippen molar-refractivity contribution in [3.63, 3.8) is 0 Å². The summed E-state index contributed by atoms with van der Waals surface area (Å²) in [6.45, 7) is 7.01. The zero-order valence-electron chi connectivity index (χ0n) is 33.6. The van der Waals surface area contributed by atoms with Crippen LogP contribution in [0.3, 0.4) is 0 Å². The first-order valence-corrected chi connectivity index (χ1v) is 20.8. The molecule has 59 heavy (non-hydrogen) atoms. The van der Waals surface area contributed by atoms with Crippen LogP contribution in [-0.2, 0) is 55.8 Å². The van der Waals surface area contributed by atoms with E-state index < -0.39 is 5.60 Å². The van der Waals surface area contributed by atoms with Crippen molar-refractivity contribution in [2.24, 2.45) is 0 Å². The molecule has 0 radical (unpaired) electrons. The molecule has 8 aromatic rings. The Morgan fingerprint density at radius 3 is 1.27 bits per heavy atom. The Kier molecular flexibility index (Phi) is 13.0. The monoisotopic (exact) mass is 796 g/mol. The van der Waals surface area contributed by atoms with E-state index in [4.69, 9.17) is 42.6 Å². The van der Waals surface area contributed by atoms with Crippen molar-refractivity contribution in [3.05, 3.63) is 120 Å². The SMILES string of the molecule is c1cc2ccc3ccc(COCCOCCOC4(COCc5ccc6ccc7cccc8ccc5c6c78)COCCOCCOCCOCCOC4)c4ccc(c1)c2c34. The molecule has 0 bridgehead atoms. The van der Waals surface area contributed by atoms with Gasteiger partial charge in [-0.15, -0.1) is 0 Å². The van der Waals surface area contributed by atoms with Gasteiger partial charge >= 0.3 is 0 Å². The molecule has 0 atom stereocenters. The molecule has 0 amide bonds. The Balaban J connectivity index is 0.828. The fourth-order valence-corrected chi connectivity index (χ4v) is 8.45. The van der Waals surface area contributed by atoms with E-state index in [0.717, 1.165) is 5.56 Å². The second-order valence-corrected chi connectivity index (χ2v) is 15.3. The highest BCUT2D eigenvalue weighted by Gasteiger charge is 2.33. The van der Waals surface area contributed by atoms with Crippen LogP contribution in [0, 0.1) is 0 Å². The molecule has 306 valence electrons. The zero-order chi connectivity index (χ0) is 39.7. The molecule has 0 saturated carbocycles. The zero-order valence-corrected chi connectivity index (χ0v) is 33.6. The van der Waals surface area contributed by atoms with Crippen LogP contribution < -0.4 is 0 Å². The number of benzene rings is 8. The van der Waals surface area contributed by atoms with E-state index in [1.807, 2.05) is 0 Å². The Hall–Kier alpha value is -4.52. The lowest BCUT2D eigenvalue weighted by Gasteiger charge is -2.33. The molecule has 0 aliphatic carbocycles. The van der Waals surface area contributed by atoms with Crippen molar-refractivity contribution in [3.8, 4) is 0 Å². The second-order valence-electron chi connectivity index (χ2n) is 15.3. The molecule has 0 unspecified atom stereocenters. The van der Waals surface area contributed by atoms with E-state index in [-0.39, 0.29) is 19.8 Å². The predicted molar refractivity (Wildman–Crippen MR) is 233 cm³/mol. The molecule has 1 heterocycles. The molecule has 1 aliphatic rings. The topological polar surface area (TPSA) is 83.1 Å². The standard InChI is InChI=1S/C50H52O9/c1-3-36-7-9-40-11-13-42(44-17-15-38(5-1)46(36)48(40)44)31-55-26-23-54-29-30-59-50(33-56-27-24-52-21-19-51-20-22-53-25-28-57-34-50)35-58-32-43-14-12-41-10-8-37-4-2-6-39-16-18-45(43)49(41)47(37)39/h1-18H,19-35H2. The van der Waals surface area contributed by atoms with Crippen molar-refractivity contribution in [2.45, 2.75) is 18.8 Å². The van der Waals surface area contributed by atoms with E-state index in [1.165, 1.54) is 70.2 Å². The summed E-state index contributed by atoms with van der Waals surface area (Å²) in [5, 5.41) is 15.1. The molecule has 1 saturated heterocycles. The Labute approximate surface area is 344 Å². The van der Waals surface area contributed by atoms with Gasteiger partial charge in [-0.1, -0.05) is 109 Å². The first kappa shape index (κ1) is 39.9. The summed E-state index contributed by atoms with van der Waals surface area (Å²) in [5.41, 5.74) is 1.40. The van der Waals surface area contributed by atoms with Crippen LogP contribution in [0.15, 0.2) is 109 Å². The van der Waals surface area contributed by atoms with Crippen LogP contribution in [0.5, 0.6) is 0 Å². The third kappa shape index (κ3) is 9.15. The van der Waals surface area contributed by atoms with Gasteiger partial charge in [0.25, 0.3) is 0 Å². The van der Waals surface area contributed by atoms with Crippen LogP contribution in [0.4, 0.5) is 0 Å². The maximum absolute atomic E-state index is 6.63. The van der Waals surface area contributed by atoms with Gasteiger partial charge in [0.1, 0.15) is 5.60 Å². The molecule has 1 fully saturated rings. The number of hydrogen-bond acceptors (Lipinski definition) is 9. The summed E-state index contributed by atoms with van der Waals surface area (Å²) < 4.78 is 54.7. The molecule has 9 rings (SSSR count). The minimum absolute atomic E-state index is 0.257. The first-order valence-electron chi connectivity index (χ1n) is 20.8. The van der Waals surface area contributed by atoms with Crippen molar-refractivity contribution < 1.29 is 42.6 Å². The second kappa shape index (κ2) is 19.2. The lowest BCUT2D eigenvalue weighted by molar-refractivity contribution is -0.179. The van der Waals surface area contributed by atoms with Crippen molar-refractivity contribution >= 4 is 64.6 Å². The van der Waals surface area contributed by atoms with Gasteiger partial charge in [0.05, 0.1) is 112 Å². The van der Waals surface area contributed by atoms with E-state index in [9.17, 15) is 0 Å². The Morgan fingerprint density at radius 1 is 0.373 bits per heavy atom. The van der Waals surface area contributed by atoms with Crippen LogP contribution in [0.1, 0.15) is 11.1 Å². The van der Waals surface area contributed by atoms with E-state index in [1.54, 1.807) is 0 Å². The van der Waals surface area contributed by atoms with Crippen LogP contribution in [-0.4, -0.2) is 105 Å². The molecule has 9 heteroatoms. The van der Waals surface area contributed by atoms with Crippen molar-refractivity contribution in [1.29, 1.82) is 0 Å². The lowest BCUT2D eigenvalue weighted by atomic mass is 9.92. The van der Waals surface area contributed by atoms with Gasteiger partial charge in [-0.05, 0) is 75.8 Å². The first-order chi connectivity index (χ1) is 29.3. The molecular weight excluding hydrogens is 745 g/mol. The number of ether oxygens (including phenoxy) is 9. The summed E-state index contributed by atoms with van der Waals surface area (Å²) in [4.78, 5) is 0. The largest absolute Gasteiger partial charge is 0.377 e. The normalized spacial score (nSPS) is 16.7. The molecule has 9 nitrogen and oxygen atoms in total. The summed E-state index contributed by atoms with van der Waals surface area (Å²) in [5.74, 6) is 0. The maximum Gasteiger partial charge on any atom is 0.138 e. The van der Waals surface area contributed by atoms with Crippen molar-refractivity contribution in [1.82, 2.24) is 0 Å². The van der Waals surface area contributed by atoms with Gasteiger partial charge in [0.2, 0.25) is 0 Å². The van der Waals surface area contributed by atoms with E-state index >= 15 is 0 Å². The molecule has 0 N–H and O–H groups in total. The van der Waals surface area contributed by atoms with Crippen molar-refractivity contribution in [2.75, 3.05) is 99.1 Å². The molecule has 8 aromatic carbocycles. The van der Waals surface area contributed by atoms with Gasteiger partial charge in [-0.25, -0.2) is 0 Å². The van der Waals surface area contributed by atoms with Gasteiger partial charge in [-0.3, -0.25) is 0 Å². The fraction of sp³-hybridized carbons (Fsp3) is 0.360. The van der Waals surface area contributed by atoms with Gasteiger partial charge in [0.15, 0.2) is 0 Å². The van der Waals surface area contributed by atoms with E-state index in [0.29, 0.717) is 92.5 Å². The van der Waals surface area contributed by atoms with Gasteiger partial charge < -0.3 is 42.6 Å². The quantitative estimate of drug-likeness (QED) is 0.0839. The highest BCUT2D eigenvalue weighted by Crippen LogP contribution is 2.37. The van der Waals surface area contributed by atoms with Crippen LogP contribution in [0.25, 0.3) is 64.6 Å². The number of rotatable bonds is 13. The summed E-state index contributed by atoms with van der Waals surface area (Å²) in [7, 11) is 0. The average Bonchev–Trinajstić information content (AvgIpc) is 3.27. The number of hydrogen-bond donors (Lipinski definition) is 0. The van der Waals surface area contributed by atoms with Gasteiger partial charge in [0, 0.05) is 0 Å². The predicted octanol–water partition coefficient (Wildman–Crippen LogP) is 9.08. The Bertz CT molecular complexity index is 2520. The fourth-order valence-electron chi connectivity index (χ4n) is 8.45. The molecule has 0 aromatic heterocycles. The molecule has 0 spiro atoms. The highest BCUT2D eigenvalue weighted by molar-refractivity contribution is 6.24. The van der Waals surface area contributed by atoms with E-state index in [2.05, 4.69) is 109 Å². The highest BCUT2D eigenvalue weighted by atomic mass is 16.6. The molecular formula is C50H52O9. The summed E-state index contributed by atoms with van der Waals surface area (Å²) in [6.07, 6.45) is 0. The summed E-state index contributed by atoms with van der Waals surface area (Å²) in [6, 6.07) is 39.4.